The number of anilines is 3. The van der Waals surface area contributed by atoms with Gasteiger partial charge in [-0.25, -0.2) is 4.98 Å². The Morgan fingerprint density at radius 1 is 0.923 bits per heavy atom. The van der Waals surface area contributed by atoms with Crippen molar-refractivity contribution in [3.63, 3.8) is 0 Å². The van der Waals surface area contributed by atoms with Crippen molar-refractivity contribution < 1.29 is 0 Å². The van der Waals surface area contributed by atoms with Crippen LogP contribution in [0.1, 0.15) is 25.0 Å². The number of aromatic nitrogens is 2. The van der Waals surface area contributed by atoms with Crippen LogP contribution in [-0.4, -0.2) is 16.0 Å². The molecule has 5 heteroatoms. The number of nitrogens with one attached hydrogen (secondary N) is 2. The number of nitrogens with zero attached hydrogens (tertiary/aromatic N) is 2. The first-order valence-corrected chi connectivity index (χ1v) is 9.05. The Balaban J connectivity index is 2.03. The van der Waals surface area contributed by atoms with Crippen LogP contribution >= 0.6 is 11.6 Å². The third-order valence-electron chi connectivity index (χ3n) is 3.96. The van der Waals surface area contributed by atoms with Gasteiger partial charge >= 0.3 is 0 Å². The van der Waals surface area contributed by atoms with E-state index in [0.717, 1.165) is 38.9 Å². The second-order valence-corrected chi connectivity index (χ2v) is 7.10. The van der Waals surface area contributed by atoms with Gasteiger partial charge in [0.2, 0.25) is 5.95 Å². The lowest BCUT2D eigenvalue weighted by Crippen LogP contribution is -2.13. The number of benzene rings is 2. The molecule has 2 aromatic carbocycles. The van der Waals surface area contributed by atoms with Gasteiger partial charge in [0, 0.05) is 28.4 Å². The molecule has 1 heterocycles. The van der Waals surface area contributed by atoms with Crippen molar-refractivity contribution in [1.29, 1.82) is 0 Å². The molecule has 3 rings (SSSR count). The fourth-order valence-electron chi connectivity index (χ4n) is 2.83. The minimum absolute atomic E-state index is 0.243. The van der Waals surface area contributed by atoms with Gasteiger partial charge in [0.1, 0.15) is 5.82 Å². The number of aryl methyl sites for hydroxylation is 2. The van der Waals surface area contributed by atoms with E-state index in [0.29, 0.717) is 5.95 Å². The number of hydrogen-bond acceptors (Lipinski definition) is 4. The zero-order valence-electron chi connectivity index (χ0n) is 15.5. The Bertz CT molecular complexity index is 884. The molecule has 0 spiro atoms. The summed E-state index contributed by atoms with van der Waals surface area (Å²) in [4.78, 5) is 9.29. The fraction of sp³-hybridized carbons (Fsp3) is 0.238. The lowest BCUT2D eigenvalue weighted by molar-refractivity contribution is 0.876. The van der Waals surface area contributed by atoms with E-state index in [-0.39, 0.29) is 6.04 Å². The topological polar surface area (TPSA) is 49.8 Å². The molecule has 26 heavy (non-hydrogen) atoms. The number of rotatable bonds is 5. The first-order chi connectivity index (χ1) is 12.4. The first kappa shape index (κ1) is 18.2. The van der Waals surface area contributed by atoms with E-state index in [9.17, 15) is 0 Å². The van der Waals surface area contributed by atoms with Crippen LogP contribution in [0, 0.1) is 13.8 Å². The highest BCUT2D eigenvalue weighted by molar-refractivity contribution is 6.30. The van der Waals surface area contributed by atoms with Crippen molar-refractivity contribution in [2.45, 2.75) is 33.7 Å². The Morgan fingerprint density at radius 3 is 2.19 bits per heavy atom. The maximum atomic E-state index is 6.15. The molecule has 0 aliphatic carbocycles. The smallest absolute Gasteiger partial charge is 0.225 e. The lowest BCUT2D eigenvalue weighted by atomic mass is 10.1. The van der Waals surface area contributed by atoms with Gasteiger partial charge in [-0.3, -0.25) is 0 Å². The molecule has 4 nitrogen and oxygen atoms in total. The van der Waals surface area contributed by atoms with Gasteiger partial charge < -0.3 is 10.6 Å². The quantitative estimate of drug-likeness (QED) is 0.583. The summed E-state index contributed by atoms with van der Waals surface area (Å²) in [5.74, 6) is 1.35. The van der Waals surface area contributed by atoms with E-state index in [4.69, 9.17) is 11.6 Å². The van der Waals surface area contributed by atoms with E-state index in [1.54, 1.807) is 0 Å². The summed E-state index contributed by atoms with van der Waals surface area (Å²) >= 11 is 6.15. The fourth-order valence-corrected chi connectivity index (χ4v) is 3.15. The molecule has 0 saturated heterocycles. The molecular formula is C21H23ClN4. The van der Waals surface area contributed by atoms with Crippen LogP contribution in [0.2, 0.25) is 5.02 Å². The predicted molar refractivity (Wildman–Crippen MR) is 110 cm³/mol. The van der Waals surface area contributed by atoms with E-state index >= 15 is 0 Å². The largest absolute Gasteiger partial charge is 0.352 e. The molecule has 0 unspecified atom stereocenters. The highest BCUT2D eigenvalue weighted by Crippen LogP contribution is 2.29. The summed E-state index contributed by atoms with van der Waals surface area (Å²) in [5.41, 5.74) is 5.09. The second-order valence-electron chi connectivity index (χ2n) is 6.67. The van der Waals surface area contributed by atoms with Crippen molar-refractivity contribution in [3.8, 4) is 11.3 Å². The van der Waals surface area contributed by atoms with Crippen molar-refractivity contribution in [2.75, 3.05) is 10.6 Å². The van der Waals surface area contributed by atoms with Crippen LogP contribution < -0.4 is 10.6 Å². The average molecular weight is 367 g/mol. The summed E-state index contributed by atoms with van der Waals surface area (Å²) in [7, 11) is 0. The Morgan fingerprint density at radius 2 is 1.58 bits per heavy atom. The Hall–Kier alpha value is -2.59. The van der Waals surface area contributed by atoms with Gasteiger partial charge in [0.05, 0.1) is 5.69 Å². The van der Waals surface area contributed by atoms with E-state index in [1.165, 1.54) is 0 Å². The molecule has 0 fully saturated rings. The molecule has 0 aliphatic rings. The van der Waals surface area contributed by atoms with Crippen LogP contribution in [0.3, 0.4) is 0 Å². The average Bonchev–Trinajstić information content (AvgIpc) is 2.58. The van der Waals surface area contributed by atoms with Crippen LogP contribution in [0.4, 0.5) is 17.5 Å². The zero-order chi connectivity index (χ0) is 18.7. The van der Waals surface area contributed by atoms with Crippen molar-refractivity contribution in [2.24, 2.45) is 0 Å². The molecule has 134 valence electrons. The van der Waals surface area contributed by atoms with Gasteiger partial charge in [-0.1, -0.05) is 41.9 Å². The van der Waals surface area contributed by atoms with E-state index in [2.05, 4.69) is 34.4 Å². The third-order valence-corrected chi connectivity index (χ3v) is 4.18. The zero-order valence-corrected chi connectivity index (χ0v) is 16.2. The molecule has 0 amide bonds. The molecule has 0 radical (unpaired) electrons. The minimum atomic E-state index is 0.243. The standard InChI is InChI=1S/C21H23ClN4/c1-13(2)23-21-24-18(16-8-6-5-7-9-16)12-19(26-21)25-20-14(3)10-17(22)11-15(20)4/h5-13H,1-4H3,(H2,23,24,25,26). The molecule has 0 atom stereocenters. The SMILES string of the molecule is Cc1cc(Cl)cc(C)c1Nc1cc(-c2ccccc2)nc(NC(C)C)n1. The molecular weight excluding hydrogens is 344 g/mol. The highest BCUT2D eigenvalue weighted by atomic mass is 35.5. The Labute approximate surface area is 159 Å². The second kappa shape index (κ2) is 7.75. The molecule has 1 aromatic heterocycles. The van der Waals surface area contributed by atoms with Crippen LogP contribution in [0.15, 0.2) is 48.5 Å². The summed E-state index contributed by atoms with van der Waals surface area (Å²) in [6.45, 7) is 8.21. The number of hydrogen-bond donors (Lipinski definition) is 2. The normalized spacial score (nSPS) is 10.8. The van der Waals surface area contributed by atoms with Crippen molar-refractivity contribution >= 4 is 29.1 Å². The predicted octanol–water partition coefficient (Wildman–Crippen LogP) is 5.98. The van der Waals surface area contributed by atoms with Crippen molar-refractivity contribution in [1.82, 2.24) is 9.97 Å². The van der Waals surface area contributed by atoms with Crippen LogP contribution in [0.25, 0.3) is 11.3 Å². The van der Waals surface area contributed by atoms with Gasteiger partial charge in [0.25, 0.3) is 0 Å². The van der Waals surface area contributed by atoms with E-state index in [1.807, 2.05) is 62.4 Å². The molecule has 0 bridgehead atoms. The Kier molecular flexibility index (Phi) is 5.43. The van der Waals surface area contributed by atoms with Gasteiger partial charge in [-0.2, -0.15) is 4.98 Å². The maximum absolute atomic E-state index is 6.15. The highest BCUT2D eigenvalue weighted by Gasteiger charge is 2.11. The summed E-state index contributed by atoms with van der Waals surface area (Å²) in [5, 5.41) is 7.47. The van der Waals surface area contributed by atoms with Gasteiger partial charge in [-0.15, -0.1) is 0 Å². The van der Waals surface area contributed by atoms with Crippen LogP contribution in [-0.2, 0) is 0 Å². The molecule has 2 N–H and O–H groups in total. The first-order valence-electron chi connectivity index (χ1n) is 8.67. The minimum Gasteiger partial charge on any atom is -0.352 e. The molecule has 0 aliphatic heterocycles. The monoisotopic (exact) mass is 366 g/mol. The summed E-state index contributed by atoms with van der Waals surface area (Å²) in [6, 6.07) is 16.2. The lowest BCUT2D eigenvalue weighted by Gasteiger charge is -2.16. The third kappa shape index (κ3) is 4.33. The van der Waals surface area contributed by atoms with Crippen molar-refractivity contribution in [3.05, 3.63) is 64.7 Å². The number of halogens is 1. The van der Waals surface area contributed by atoms with Crippen LogP contribution in [0.5, 0.6) is 0 Å². The summed E-state index contributed by atoms with van der Waals surface area (Å²) < 4.78 is 0. The van der Waals surface area contributed by atoms with Gasteiger partial charge in [-0.05, 0) is 51.0 Å². The van der Waals surface area contributed by atoms with E-state index < -0.39 is 0 Å². The molecule has 0 saturated carbocycles. The molecule has 3 aromatic rings. The summed E-state index contributed by atoms with van der Waals surface area (Å²) in [6.07, 6.45) is 0. The van der Waals surface area contributed by atoms with Gasteiger partial charge in [0.15, 0.2) is 0 Å². The maximum Gasteiger partial charge on any atom is 0.225 e.